The molecule has 0 radical (unpaired) electrons. The molecule has 1 heterocycles. The van der Waals surface area contributed by atoms with Gasteiger partial charge in [-0.25, -0.2) is 4.98 Å². The van der Waals surface area contributed by atoms with Crippen LogP contribution in [0.5, 0.6) is 5.75 Å². The lowest BCUT2D eigenvalue weighted by Crippen LogP contribution is -2.17. The number of hydrazone groups is 1. The molecule has 0 aliphatic carbocycles. The van der Waals surface area contributed by atoms with Crippen LogP contribution in [-0.4, -0.2) is 17.6 Å². The normalized spacial score (nSPS) is 11.7. The zero-order chi connectivity index (χ0) is 18.6. The van der Waals surface area contributed by atoms with E-state index >= 15 is 0 Å². The Morgan fingerprint density at radius 2 is 1.92 bits per heavy atom. The van der Waals surface area contributed by atoms with Crippen molar-refractivity contribution in [2.24, 2.45) is 5.10 Å². The maximum absolute atomic E-state index is 12.4. The average molecular weight is 442 g/mol. The number of ether oxygens (including phenoxy) is 1. The molecule has 0 aliphatic heterocycles. The summed E-state index contributed by atoms with van der Waals surface area (Å²) in [4.78, 5) is 4.40. The minimum Gasteiger partial charge on any atom is -0.405 e. The molecule has 9 heteroatoms. The second-order valence-electron chi connectivity index (χ2n) is 5.01. The summed E-state index contributed by atoms with van der Waals surface area (Å²) in [5.74, 6) is -0.331. The number of nitrogens with one attached hydrogen (secondary N) is 1. The van der Waals surface area contributed by atoms with Gasteiger partial charge >= 0.3 is 6.36 Å². The van der Waals surface area contributed by atoms with Gasteiger partial charge in [-0.2, -0.15) is 5.10 Å². The number of alkyl halides is 3. The Morgan fingerprint density at radius 3 is 2.65 bits per heavy atom. The molecule has 0 unspecified atom stereocenters. The number of hydrogen-bond acceptors (Lipinski definition) is 5. The van der Waals surface area contributed by atoms with Gasteiger partial charge in [-0.05, 0) is 33.6 Å². The second-order valence-corrected chi connectivity index (χ2v) is 6.72. The highest BCUT2D eigenvalue weighted by molar-refractivity contribution is 9.10. The van der Waals surface area contributed by atoms with E-state index in [9.17, 15) is 13.2 Å². The van der Waals surface area contributed by atoms with E-state index in [1.165, 1.54) is 29.7 Å². The van der Waals surface area contributed by atoms with Gasteiger partial charge in [0, 0.05) is 10.9 Å². The van der Waals surface area contributed by atoms with Crippen LogP contribution in [0.15, 0.2) is 63.5 Å². The van der Waals surface area contributed by atoms with Crippen LogP contribution >= 0.6 is 27.3 Å². The summed E-state index contributed by atoms with van der Waals surface area (Å²) in [5, 5.41) is 6.47. The Bertz CT molecular complexity index is 913. The monoisotopic (exact) mass is 441 g/mol. The molecular weight excluding hydrogens is 431 g/mol. The molecule has 0 saturated carbocycles. The molecular formula is C17H11BrF3N3OS. The van der Waals surface area contributed by atoms with Gasteiger partial charge in [0.2, 0.25) is 5.13 Å². The zero-order valence-electron chi connectivity index (χ0n) is 13.0. The van der Waals surface area contributed by atoms with E-state index in [1.807, 2.05) is 35.7 Å². The highest BCUT2D eigenvalue weighted by Crippen LogP contribution is 2.31. The molecule has 0 amide bonds. The average Bonchev–Trinajstić information content (AvgIpc) is 3.06. The van der Waals surface area contributed by atoms with Crippen molar-refractivity contribution in [1.29, 1.82) is 0 Å². The van der Waals surface area contributed by atoms with Gasteiger partial charge in [-0.1, -0.05) is 36.4 Å². The van der Waals surface area contributed by atoms with Gasteiger partial charge in [0.1, 0.15) is 5.75 Å². The molecule has 134 valence electrons. The van der Waals surface area contributed by atoms with Crippen LogP contribution < -0.4 is 10.2 Å². The fourth-order valence-corrected chi connectivity index (χ4v) is 3.03. The van der Waals surface area contributed by atoms with Crippen LogP contribution in [0.25, 0.3) is 11.3 Å². The molecule has 3 rings (SSSR count). The van der Waals surface area contributed by atoms with E-state index in [2.05, 4.69) is 36.2 Å². The number of anilines is 1. The first kappa shape index (κ1) is 18.4. The van der Waals surface area contributed by atoms with E-state index in [4.69, 9.17) is 0 Å². The first-order valence-electron chi connectivity index (χ1n) is 7.26. The molecule has 0 bridgehead atoms. The molecule has 0 atom stereocenters. The SMILES string of the molecule is FC(F)(F)Oc1cc(C=NNc2nc(-c3ccccc3)cs2)ccc1Br. The van der Waals surface area contributed by atoms with E-state index in [0.29, 0.717) is 10.7 Å². The van der Waals surface area contributed by atoms with Crippen molar-refractivity contribution >= 4 is 38.6 Å². The largest absolute Gasteiger partial charge is 0.573 e. The lowest BCUT2D eigenvalue weighted by atomic mass is 10.2. The van der Waals surface area contributed by atoms with Gasteiger partial charge in [0.25, 0.3) is 0 Å². The van der Waals surface area contributed by atoms with Gasteiger partial charge < -0.3 is 4.74 Å². The molecule has 0 fully saturated rings. The van der Waals surface area contributed by atoms with Gasteiger partial charge in [0.05, 0.1) is 16.4 Å². The zero-order valence-corrected chi connectivity index (χ0v) is 15.4. The highest BCUT2D eigenvalue weighted by atomic mass is 79.9. The van der Waals surface area contributed by atoms with Gasteiger partial charge in [-0.15, -0.1) is 24.5 Å². The molecule has 0 saturated heterocycles. The minimum atomic E-state index is -4.76. The number of benzene rings is 2. The Kier molecular flexibility index (Phi) is 5.58. The third-order valence-corrected chi connectivity index (χ3v) is 4.53. The van der Waals surface area contributed by atoms with Crippen LogP contribution in [0, 0.1) is 0 Å². The Balaban J connectivity index is 1.68. The summed E-state index contributed by atoms with van der Waals surface area (Å²) in [7, 11) is 0. The van der Waals surface area contributed by atoms with E-state index < -0.39 is 6.36 Å². The summed E-state index contributed by atoms with van der Waals surface area (Å²) in [6, 6.07) is 14.0. The van der Waals surface area contributed by atoms with Crippen molar-refractivity contribution < 1.29 is 17.9 Å². The van der Waals surface area contributed by atoms with Crippen LogP contribution in [0.2, 0.25) is 0 Å². The number of thiazole rings is 1. The summed E-state index contributed by atoms with van der Waals surface area (Å²) >= 11 is 4.40. The van der Waals surface area contributed by atoms with E-state index in [0.717, 1.165) is 11.3 Å². The standard InChI is InChI=1S/C17H11BrF3N3OS/c18-13-7-6-11(8-15(13)25-17(19,20)21)9-22-24-16-23-14(10-26-16)12-4-2-1-3-5-12/h1-10H,(H,23,24). The first-order chi connectivity index (χ1) is 12.4. The van der Waals surface area contributed by atoms with Crippen molar-refractivity contribution in [3.63, 3.8) is 0 Å². The molecule has 4 nitrogen and oxygen atoms in total. The quantitative estimate of drug-likeness (QED) is 0.394. The predicted molar refractivity (Wildman–Crippen MR) is 99.6 cm³/mol. The molecule has 1 aromatic heterocycles. The Morgan fingerprint density at radius 1 is 1.15 bits per heavy atom. The van der Waals surface area contributed by atoms with E-state index in [-0.39, 0.29) is 10.2 Å². The van der Waals surface area contributed by atoms with Crippen LogP contribution in [0.4, 0.5) is 18.3 Å². The second kappa shape index (κ2) is 7.88. The fourth-order valence-electron chi connectivity index (χ4n) is 2.03. The van der Waals surface area contributed by atoms with E-state index in [1.54, 1.807) is 6.07 Å². The van der Waals surface area contributed by atoms with Crippen molar-refractivity contribution in [3.05, 3.63) is 63.9 Å². The topological polar surface area (TPSA) is 46.5 Å². The van der Waals surface area contributed by atoms with Crippen LogP contribution in [-0.2, 0) is 0 Å². The molecule has 0 spiro atoms. The van der Waals surface area contributed by atoms with Crippen molar-refractivity contribution in [3.8, 4) is 17.0 Å². The van der Waals surface area contributed by atoms with Crippen molar-refractivity contribution in [1.82, 2.24) is 4.98 Å². The summed E-state index contributed by atoms with van der Waals surface area (Å²) in [6.45, 7) is 0. The molecule has 1 N–H and O–H groups in total. The number of aromatic nitrogens is 1. The summed E-state index contributed by atoms with van der Waals surface area (Å²) in [5.41, 5.74) is 5.02. The summed E-state index contributed by atoms with van der Waals surface area (Å²) < 4.78 is 41.3. The third-order valence-electron chi connectivity index (χ3n) is 3.13. The fraction of sp³-hybridized carbons (Fsp3) is 0.0588. The lowest BCUT2D eigenvalue weighted by molar-refractivity contribution is -0.274. The first-order valence-corrected chi connectivity index (χ1v) is 8.93. The van der Waals surface area contributed by atoms with Gasteiger partial charge in [-0.3, -0.25) is 5.43 Å². The highest BCUT2D eigenvalue weighted by Gasteiger charge is 2.32. The number of hydrogen-bond donors (Lipinski definition) is 1. The Hall–Kier alpha value is -2.39. The third kappa shape index (κ3) is 5.06. The number of halogens is 4. The van der Waals surface area contributed by atoms with Crippen molar-refractivity contribution in [2.45, 2.75) is 6.36 Å². The molecule has 3 aromatic rings. The lowest BCUT2D eigenvalue weighted by Gasteiger charge is -2.10. The maximum Gasteiger partial charge on any atom is 0.573 e. The summed E-state index contributed by atoms with van der Waals surface area (Å²) in [6.07, 6.45) is -3.37. The smallest absolute Gasteiger partial charge is 0.405 e. The van der Waals surface area contributed by atoms with Crippen molar-refractivity contribution in [2.75, 3.05) is 5.43 Å². The molecule has 26 heavy (non-hydrogen) atoms. The minimum absolute atomic E-state index is 0.201. The maximum atomic E-state index is 12.4. The van der Waals surface area contributed by atoms with Crippen LogP contribution in [0.1, 0.15) is 5.56 Å². The number of nitrogens with zero attached hydrogens (tertiary/aromatic N) is 2. The van der Waals surface area contributed by atoms with Gasteiger partial charge in [0.15, 0.2) is 0 Å². The van der Waals surface area contributed by atoms with Crippen LogP contribution in [0.3, 0.4) is 0 Å². The Labute approximate surface area is 159 Å². The predicted octanol–water partition coefficient (Wildman–Crippen LogP) is 5.92. The molecule has 0 aliphatic rings. The molecule has 2 aromatic carbocycles. The number of rotatable bonds is 5.